The summed E-state index contributed by atoms with van der Waals surface area (Å²) in [4.78, 5) is 23.3. The van der Waals surface area contributed by atoms with Gasteiger partial charge in [0.25, 0.3) is 0 Å². The van der Waals surface area contributed by atoms with Crippen LogP contribution in [-0.2, 0) is 9.59 Å². The molecule has 0 aromatic carbocycles. The van der Waals surface area contributed by atoms with Crippen LogP contribution < -0.4 is 6.15 Å². The number of aliphatic carboxylic acids is 1. The highest BCUT2D eigenvalue weighted by Crippen LogP contribution is 2.18. The molecule has 4 N–H and O–H groups in total. The Labute approximate surface area is 161 Å². The number of unbranched alkanes of at least 4 members (excludes halogenated alkanes) is 11. The molecule has 0 rings (SSSR count). The van der Waals surface area contributed by atoms with Crippen LogP contribution in [0, 0.1) is 0 Å². The second-order valence-electron chi connectivity index (χ2n) is 7.38. The van der Waals surface area contributed by atoms with Crippen molar-refractivity contribution in [3.8, 4) is 0 Å². The summed E-state index contributed by atoms with van der Waals surface area (Å²) in [5.74, 6) is -0.735. The summed E-state index contributed by atoms with van der Waals surface area (Å²) in [6, 6.07) is 0.390. The van der Waals surface area contributed by atoms with E-state index < -0.39 is 5.97 Å². The second-order valence-corrected chi connectivity index (χ2v) is 7.38. The third-order valence-electron chi connectivity index (χ3n) is 5.01. The van der Waals surface area contributed by atoms with E-state index in [1.165, 1.54) is 57.8 Å². The zero-order valence-corrected chi connectivity index (χ0v) is 17.4. The van der Waals surface area contributed by atoms with Crippen LogP contribution in [-0.4, -0.2) is 41.9 Å². The van der Waals surface area contributed by atoms with Crippen molar-refractivity contribution in [3.05, 3.63) is 0 Å². The summed E-state index contributed by atoms with van der Waals surface area (Å²) in [5, 5.41) is 9.05. The summed E-state index contributed by atoms with van der Waals surface area (Å²) in [5.41, 5.74) is 0. The fraction of sp³-hybridized carbons (Fsp3) is 0.905. The molecule has 1 unspecified atom stereocenters. The molecule has 5 heteroatoms. The summed E-state index contributed by atoms with van der Waals surface area (Å²) in [6.45, 7) is 2.38. The van der Waals surface area contributed by atoms with E-state index in [0.717, 1.165) is 38.4 Å². The van der Waals surface area contributed by atoms with Crippen molar-refractivity contribution in [2.24, 2.45) is 0 Å². The summed E-state index contributed by atoms with van der Waals surface area (Å²) >= 11 is 0. The molecule has 0 aliphatic heterocycles. The highest BCUT2D eigenvalue weighted by molar-refractivity contribution is 5.69. The zero-order chi connectivity index (χ0) is 18.8. The van der Waals surface area contributed by atoms with E-state index in [9.17, 15) is 9.59 Å². The molecule has 0 aliphatic carbocycles. The predicted octanol–water partition coefficient (Wildman–Crippen LogP) is 5.60. The molecular formula is C21H44N2O3. The largest absolute Gasteiger partial charge is 0.480 e. The standard InChI is InChI=1S/C21H41NO3.H3N/c1-3-4-5-6-7-10-13-16-20(22(2)19-21(24)25)17-14-11-8-9-12-15-18-23;/h18,20H,3-17,19H2,1-2H3,(H,24,25);1H3. The topological polar surface area (TPSA) is 92.6 Å². The van der Waals surface area contributed by atoms with Crippen LogP contribution in [0.25, 0.3) is 0 Å². The lowest BCUT2D eigenvalue weighted by atomic mass is 9.99. The van der Waals surface area contributed by atoms with E-state index in [-0.39, 0.29) is 12.7 Å². The molecule has 0 spiro atoms. The Morgan fingerprint density at radius 3 is 1.81 bits per heavy atom. The molecule has 0 fully saturated rings. The van der Waals surface area contributed by atoms with Gasteiger partial charge in [-0.2, -0.15) is 0 Å². The number of hydrogen-bond donors (Lipinski definition) is 2. The van der Waals surface area contributed by atoms with Crippen molar-refractivity contribution >= 4 is 12.3 Å². The molecule has 26 heavy (non-hydrogen) atoms. The third-order valence-corrected chi connectivity index (χ3v) is 5.01. The van der Waals surface area contributed by atoms with Gasteiger partial charge < -0.3 is 16.1 Å². The summed E-state index contributed by atoms with van der Waals surface area (Å²) in [7, 11) is 1.95. The maximum absolute atomic E-state index is 11.0. The van der Waals surface area contributed by atoms with Crippen molar-refractivity contribution in [2.45, 2.75) is 109 Å². The molecule has 0 saturated carbocycles. The maximum atomic E-state index is 11.0. The van der Waals surface area contributed by atoms with E-state index >= 15 is 0 Å². The van der Waals surface area contributed by atoms with E-state index in [0.29, 0.717) is 12.5 Å². The van der Waals surface area contributed by atoms with Crippen LogP contribution in [0.15, 0.2) is 0 Å². The second kappa shape index (κ2) is 20.4. The van der Waals surface area contributed by atoms with Gasteiger partial charge in [-0.25, -0.2) is 0 Å². The molecule has 0 bridgehead atoms. The SMILES string of the molecule is CCCCCCCCCC(CCCCCCCC=O)N(C)CC(=O)O.N. The van der Waals surface area contributed by atoms with Gasteiger partial charge >= 0.3 is 5.97 Å². The third kappa shape index (κ3) is 17.9. The van der Waals surface area contributed by atoms with Gasteiger partial charge in [0.1, 0.15) is 6.29 Å². The van der Waals surface area contributed by atoms with Gasteiger partial charge in [0, 0.05) is 12.5 Å². The number of carbonyl (C=O) groups is 2. The first-order valence-electron chi connectivity index (χ1n) is 10.5. The molecule has 0 aromatic rings. The number of carboxylic acids is 1. The van der Waals surface area contributed by atoms with Crippen LogP contribution in [0.2, 0.25) is 0 Å². The molecule has 0 saturated heterocycles. The van der Waals surface area contributed by atoms with Gasteiger partial charge in [-0.3, -0.25) is 9.69 Å². The van der Waals surface area contributed by atoms with Gasteiger partial charge in [0.2, 0.25) is 0 Å². The number of aldehydes is 1. The molecule has 156 valence electrons. The van der Waals surface area contributed by atoms with Gasteiger partial charge in [-0.1, -0.05) is 77.6 Å². The molecule has 0 aliphatic rings. The summed E-state index contributed by atoms with van der Waals surface area (Å²) in [6.07, 6.45) is 18.7. The lowest BCUT2D eigenvalue weighted by Crippen LogP contribution is -2.35. The van der Waals surface area contributed by atoms with Gasteiger partial charge in [0.05, 0.1) is 6.54 Å². The van der Waals surface area contributed by atoms with Crippen LogP contribution >= 0.6 is 0 Å². The van der Waals surface area contributed by atoms with Gasteiger partial charge in [0.15, 0.2) is 0 Å². The average molecular weight is 373 g/mol. The van der Waals surface area contributed by atoms with Crippen LogP contribution in [0.5, 0.6) is 0 Å². The fourth-order valence-corrected chi connectivity index (χ4v) is 3.40. The van der Waals surface area contributed by atoms with E-state index in [2.05, 4.69) is 6.92 Å². The fourth-order valence-electron chi connectivity index (χ4n) is 3.40. The molecule has 0 heterocycles. The number of likely N-dealkylation sites (N-methyl/N-ethyl adjacent to an activating group) is 1. The number of nitrogens with zero attached hydrogens (tertiary/aromatic N) is 1. The minimum absolute atomic E-state index is 0. The molecule has 0 aromatic heterocycles. The van der Waals surface area contributed by atoms with Crippen molar-refractivity contribution in [1.29, 1.82) is 0 Å². The molecule has 5 nitrogen and oxygen atoms in total. The monoisotopic (exact) mass is 372 g/mol. The smallest absolute Gasteiger partial charge is 0.317 e. The van der Waals surface area contributed by atoms with Crippen LogP contribution in [0.1, 0.15) is 103 Å². The van der Waals surface area contributed by atoms with Gasteiger partial charge in [-0.05, 0) is 26.3 Å². The summed E-state index contributed by atoms with van der Waals surface area (Å²) < 4.78 is 0. The highest BCUT2D eigenvalue weighted by atomic mass is 16.4. The first kappa shape index (κ1) is 27.3. The first-order valence-corrected chi connectivity index (χ1v) is 10.5. The van der Waals surface area contributed by atoms with Crippen molar-refractivity contribution in [3.63, 3.8) is 0 Å². The number of hydrogen-bond acceptors (Lipinski definition) is 4. The Hall–Kier alpha value is -0.940. The normalized spacial score (nSPS) is 12.0. The maximum Gasteiger partial charge on any atom is 0.317 e. The molecule has 0 amide bonds. The highest BCUT2D eigenvalue weighted by Gasteiger charge is 2.16. The quantitative estimate of drug-likeness (QED) is 0.227. The number of carboxylic acid groups (broad SMARTS) is 1. The Morgan fingerprint density at radius 2 is 1.35 bits per heavy atom. The molecule has 0 radical (unpaired) electrons. The number of rotatable bonds is 19. The van der Waals surface area contributed by atoms with Crippen molar-refractivity contribution in [1.82, 2.24) is 11.1 Å². The lowest BCUT2D eigenvalue weighted by Gasteiger charge is -2.27. The van der Waals surface area contributed by atoms with E-state index in [1.807, 2.05) is 11.9 Å². The predicted molar refractivity (Wildman–Crippen MR) is 110 cm³/mol. The Kier molecular flexibility index (Phi) is 21.4. The Bertz CT molecular complexity index is 324. The molecular weight excluding hydrogens is 328 g/mol. The minimum atomic E-state index is -0.735. The zero-order valence-electron chi connectivity index (χ0n) is 17.4. The van der Waals surface area contributed by atoms with Crippen molar-refractivity contribution < 1.29 is 14.7 Å². The van der Waals surface area contributed by atoms with Crippen molar-refractivity contribution in [2.75, 3.05) is 13.6 Å². The lowest BCUT2D eigenvalue weighted by molar-refractivity contribution is -0.138. The van der Waals surface area contributed by atoms with E-state index in [1.54, 1.807) is 0 Å². The molecule has 1 atom stereocenters. The minimum Gasteiger partial charge on any atom is -0.480 e. The van der Waals surface area contributed by atoms with Crippen LogP contribution in [0.4, 0.5) is 0 Å². The average Bonchev–Trinajstić information content (AvgIpc) is 2.57. The van der Waals surface area contributed by atoms with Crippen LogP contribution in [0.3, 0.4) is 0 Å². The number of carbonyl (C=O) groups excluding carboxylic acids is 1. The van der Waals surface area contributed by atoms with Gasteiger partial charge in [-0.15, -0.1) is 0 Å². The first-order chi connectivity index (χ1) is 12.1. The van der Waals surface area contributed by atoms with E-state index in [4.69, 9.17) is 5.11 Å². The Balaban J connectivity index is 0. The Morgan fingerprint density at radius 1 is 0.885 bits per heavy atom.